The predicted molar refractivity (Wildman–Crippen MR) is 78.3 cm³/mol. The average molecular weight is 287 g/mol. The van der Waals surface area contributed by atoms with E-state index < -0.39 is 5.97 Å². The van der Waals surface area contributed by atoms with Crippen LogP contribution in [-0.4, -0.2) is 25.8 Å². The molecule has 5 nitrogen and oxygen atoms in total. The Labute approximate surface area is 119 Å². The van der Waals surface area contributed by atoms with Crippen LogP contribution in [-0.2, 0) is 7.05 Å². The van der Waals surface area contributed by atoms with Gasteiger partial charge in [0.25, 0.3) is 0 Å². The fraction of sp³-hybridized carbons (Fsp3) is 0.214. The second-order valence-electron chi connectivity index (χ2n) is 4.68. The van der Waals surface area contributed by atoms with E-state index in [1.165, 1.54) is 11.3 Å². The van der Waals surface area contributed by atoms with Gasteiger partial charge in [0.2, 0.25) is 0 Å². The molecule has 0 radical (unpaired) electrons. The Balaban J connectivity index is 2.20. The molecule has 2 aromatic heterocycles. The molecule has 0 aliphatic heterocycles. The lowest BCUT2D eigenvalue weighted by Crippen LogP contribution is -1.94. The van der Waals surface area contributed by atoms with Gasteiger partial charge >= 0.3 is 5.97 Å². The van der Waals surface area contributed by atoms with E-state index in [4.69, 9.17) is 5.11 Å². The van der Waals surface area contributed by atoms with Crippen LogP contribution in [0.2, 0.25) is 0 Å². The van der Waals surface area contributed by atoms with E-state index in [0.29, 0.717) is 0 Å². The molecule has 0 unspecified atom stereocenters. The van der Waals surface area contributed by atoms with Gasteiger partial charge in [-0.1, -0.05) is 0 Å². The molecule has 0 atom stereocenters. The predicted octanol–water partition coefficient (Wildman–Crippen LogP) is 3.01. The van der Waals surface area contributed by atoms with Crippen molar-refractivity contribution < 1.29 is 9.90 Å². The highest BCUT2D eigenvalue weighted by Crippen LogP contribution is 2.34. The van der Waals surface area contributed by atoms with Gasteiger partial charge < -0.3 is 5.11 Å². The van der Waals surface area contributed by atoms with Crippen LogP contribution in [0.4, 0.5) is 0 Å². The van der Waals surface area contributed by atoms with E-state index in [2.05, 4.69) is 10.1 Å². The number of carboxylic acid groups (broad SMARTS) is 1. The van der Waals surface area contributed by atoms with Crippen molar-refractivity contribution in [1.29, 1.82) is 0 Å². The fourth-order valence-corrected chi connectivity index (χ4v) is 3.40. The quantitative estimate of drug-likeness (QED) is 0.786. The van der Waals surface area contributed by atoms with Crippen LogP contribution in [0.25, 0.3) is 20.8 Å². The normalized spacial score (nSPS) is 11.2. The van der Waals surface area contributed by atoms with Crippen LogP contribution < -0.4 is 0 Å². The molecule has 0 spiro atoms. The van der Waals surface area contributed by atoms with Gasteiger partial charge in [0.05, 0.1) is 27.0 Å². The fourth-order valence-electron chi connectivity index (χ4n) is 2.25. The number of rotatable bonds is 2. The first kappa shape index (κ1) is 12.8. The van der Waals surface area contributed by atoms with Gasteiger partial charge in [-0.25, -0.2) is 9.78 Å². The number of carboxylic acids is 1. The Hall–Kier alpha value is -2.21. The molecule has 0 saturated carbocycles. The van der Waals surface area contributed by atoms with Crippen molar-refractivity contribution >= 4 is 27.5 Å². The molecule has 0 aliphatic carbocycles. The highest BCUT2D eigenvalue weighted by molar-refractivity contribution is 7.21. The van der Waals surface area contributed by atoms with E-state index in [9.17, 15) is 4.79 Å². The first-order valence-electron chi connectivity index (χ1n) is 6.12. The summed E-state index contributed by atoms with van der Waals surface area (Å²) in [5.41, 5.74) is 4.12. The summed E-state index contributed by atoms with van der Waals surface area (Å²) in [5.74, 6) is -0.921. The second kappa shape index (κ2) is 4.42. The van der Waals surface area contributed by atoms with Gasteiger partial charge in [-0.05, 0) is 32.0 Å². The van der Waals surface area contributed by atoms with Crippen LogP contribution in [0, 0.1) is 13.8 Å². The lowest BCUT2D eigenvalue weighted by atomic mass is 10.2. The molecule has 102 valence electrons. The summed E-state index contributed by atoms with van der Waals surface area (Å²) < 4.78 is 2.71. The number of nitrogens with zero attached hydrogens (tertiary/aromatic N) is 3. The summed E-state index contributed by atoms with van der Waals surface area (Å²) in [5, 5.41) is 14.3. The molecule has 0 saturated heterocycles. The van der Waals surface area contributed by atoms with Gasteiger partial charge in [0.15, 0.2) is 0 Å². The Morgan fingerprint density at radius 2 is 2.10 bits per heavy atom. The van der Waals surface area contributed by atoms with Crippen LogP contribution in [0.3, 0.4) is 0 Å². The Bertz CT molecular complexity index is 832. The zero-order chi connectivity index (χ0) is 14.4. The van der Waals surface area contributed by atoms with Crippen molar-refractivity contribution in [3.8, 4) is 10.6 Å². The number of aromatic carboxylic acids is 1. The van der Waals surface area contributed by atoms with Gasteiger partial charge in [0, 0.05) is 12.7 Å². The molecule has 0 amide bonds. The van der Waals surface area contributed by atoms with Crippen molar-refractivity contribution in [2.24, 2.45) is 7.05 Å². The first-order chi connectivity index (χ1) is 9.47. The largest absolute Gasteiger partial charge is 0.478 e. The molecular formula is C14H13N3O2S. The number of aryl methyl sites for hydroxylation is 2. The molecule has 0 fully saturated rings. The standard InChI is InChI=1S/C14H13N3O2S/c1-7-12(8(2)17(3)16-7)13-15-10-5-4-9(14(18)19)6-11(10)20-13/h4-6H,1-3H3,(H,18,19). The van der Waals surface area contributed by atoms with Crippen LogP contribution in [0.15, 0.2) is 18.2 Å². The molecule has 1 N–H and O–H groups in total. The molecule has 2 heterocycles. The second-order valence-corrected chi connectivity index (χ2v) is 5.71. The van der Waals surface area contributed by atoms with Gasteiger partial charge in [-0.3, -0.25) is 4.68 Å². The Morgan fingerprint density at radius 1 is 1.35 bits per heavy atom. The average Bonchev–Trinajstić information content (AvgIpc) is 2.90. The third kappa shape index (κ3) is 1.89. The Kier molecular flexibility index (Phi) is 2.83. The van der Waals surface area contributed by atoms with E-state index in [1.54, 1.807) is 18.2 Å². The highest BCUT2D eigenvalue weighted by atomic mass is 32.1. The molecule has 0 bridgehead atoms. The minimum absolute atomic E-state index is 0.285. The number of hydrogen-bond acceptors (Lipinski definition) is 4. The minimum Gasteiger partial charge on any atom is -0.478 e. The number of hydrogen-bond donors (Lipinski definition) is 1. The van der Waals surface area contributed by atoms with Gasteiger partial charge in [0.1, 0.15) is 5.01 Å². The zero-order valence-corrected chi connectivity index (χ0v) is 12.2. The maximum Gasteiger partial charge on any atom is 0.335 e. The van der Waals surface area contributed by atoms with Gasteiger partial charge in [-0.2, -0.15) is 5.10 Å². The van der Waals surface area contributed by atoms with E-state index in [-0.39, 0.29) is 5.56 Å². The first-order valence-corrected chi connectivity index (χ1v) is 6.93. The molecule has 1 aromatic carbocycles. The third-order valence-corrected chi connectivity index (χ3v) is 4.39. The minimum atomic E-state index is -0.921. The van der Waals surface area contributed by atoms with Crippen LogP contribution in [0.1, 0.15) is 21.7 Å². The zero-order valence-electron chi connectivity index (χ0n) is 11.3. The molecule has 3 aromatic rings. The van der Waals surface area contributed by atoms with E-state index in [0.717, 1.165) is 32.2 Å². The summed E-state index contributed by atoms with van der Waals surface area (Å²) in [6.45, 7) is 3.96. The maximum absolute atomic E-state index is 11.0. The lowest BCUT2D eigenvalue weighted by Gasteiger charge is -1.95. The summed E-state index contributed by atoms with van der Waals surface area (Å²) in [4.78, 5) is 15.6. The molecule has 20 heavy (non-hydrogen) atoms. The molecular weight excluding hydrogens is 274 g/mol. The van der Waals surface area contributed by atoms with Crippen molar-refractivity contribution in [3.05, 3.63) is 35.2 Å². The van der Waals surface area contributed by atoms with Gasteiger partial charge in [-0.15, -0.1) is 11.3 Å². The van der Waals surface area contributed by atoms with Crippen LogP contribution in [0.5, 0.6) is 0 Å². The third-order valence-electron chi connectivity index (χ3n) is 3.36. The summed E-state index contributed by atoms with van der Waals surface area (Å²) >= 11 is 1.50. The number of aromatic nitrogens is 3. The number of fused-ring (bicyclic) bond motifs is 1. The molecule has 3 rings (SSSR count). The number of thiazole rings is 1. The van der Waals surface area contributed by atoms with Crippen molar-refractivity contribution in [1.82, 2.24) is 14.8 Å². The topological polar surface area (TPSA) is 68.0 Å². The summed E-state index contributed by atoms with van der Waals surface area (Å²) in [6.07, 6.45) is 0. The van der Waals surface area contributed by atoms with E-state index in [1.807, 2.05) is 25.6 Å². The number of carbonyl (C=O) groups is 1. The highest BCUT2D eigenvalue weighted by Gasteiger charge is 2.16. The monoisotopic (exact) mass is 287 g/mol. The van der Waals surface area contributed by atoms with E-state index >= 15 is 0 Å². The van der Waals surface area contributed by atoms with Crippen molar-refractivity contribution in [2.45, 2.75) is 13.8 Å². The summed E-state index contributed by atoms with van der Waals surface area (Å²) in [6, 6.07) is 5.00. The van der Waals surface area contributed by atoms with Crippen LogP contribution >= 0.6 is 11.3 Å². The van der Waals surface area contributed by atoms with Crippen molar-refractivity contribution in [3.63, 3.8) is 0 Å². The number of benzene rings is 1. The molecule has 0 aliphatic rings. The molecule has 6 heteroatoms. The summed E-state index contributed by atoms with van der Waals surface area (Å²) in [7, 11) is 1.90. The smallest absolute Gasteiger partial charge is 0.335 e. The lowest BCUT2D eigenvalue weighted by molar-refractivity contribution is 0.0697. The SMILES string of the molecule is Cc1nn(C)c(C)c1-c1nc2ccc(C(=O)O)cc2s1. The van der Waals surface area contributed by atoms with Crippen molar-refractivity contribution in [2.75, 3.05) is 0 Å². The maximum atomic E-state index is 11.0. The Morgan fingerprint density at radius 3 is 2.70 bits per heavy atom.